The Morgan fingerprint density at radius 3 is 2.89 bits per heavy atom. The topological polar surface area (TPSA) is 56.7 Å². The molecule has 0 fully saturated rings. The van der Waals surface area contributed by atoms with Gasteiger partial charge in [0.15, 0.2) is 5.96 Å². The average Bonchev–Trinajstić information content (AvgIpc) is 2.73. The highest BCUT2D eigenvalue weighted by molar-refractivity contribution is 14.0. The summed E-state index contributed by atoms with van der Waals surface area (Å²) in [5.41, 5.74) is 1.14. The summed E-state index contributed by atoms with van der Waals surface area (Å²) in [6.07, 6.45) is 0. The molecule has 2 rings (SSSR count). The third-order valence-electron chi connectivity index (χ3n) is 2.65. The van der Waals surface area contributed by atoms with E-state index in [1.807, 2.05) is 6.92 Å². The summed E-state index contributed by atoms with van der Waals surface area (Å²) in [6.45, 7) is 3.06. The number of aliphatic imine (C=N–C) groups is 1. The highest BCUT2D eigenvalue weighted by Crippen LogP contribution is 2.10. The quantitative estimate of drug-likeness (QED) is 0.710. The number of aliphatic hydroxyl groups is 1. The van der Waals surface area contributed by atoms with Crippen LogP contribution in [0.4, 0.5) is 4.39 Å². The molecule has 1 atom stereocenters. The molecular formula is C12H17FIN3O. The number of hydrogen-bond acceptors (Lipinski definition) is 4. The van der Waals surface area contributed by atoms with Crippen LogP contribution in [-0.4, -0.2) is 23.7 Å². The van der Waals surface area contributed by atoms with Crippen LogP contribution in [-0.2, 0) is 13.2 Å². The second kappa shape index (κ2) is 6.89. The van der Waals surface area contributed by atoms with Gasteiger partial charge in [0.1, 0.15) is 5.82 Å². The lowest BCUT2D eigenvalue weighted by atomic mass is 10.1. The van der Waals surface area contributed by atoms with Crippen molar-refractivity contribution in [3.8, 4) is 0 Å². The van der Waals surface area contributed by atoms with Crippen molar-refractivity contribution < 1.29 is 9.50 Å². The van der Waals surface area contributed by atoms with Crippen molar-refractivity contribution in [3.63, 3.8) is 0 Å². The number of rotatable bonds is 3. The van der Waals surface area contributed by atoms with Crippen LogP contribution < -0.4 is 10.6 Å². The number of hydrogen-bond donors (Lipinski definition) is 3. The third-order valence-corrected chi connectivity index (χ3v) is 2.65. The van der Waals surface area contributed by atoms with Gasteiger partial charge in [-0.3, -0.25) is 4.99 Å². The van der Waals surface area contributed by atoms with Gasteiger partial charge in [0.25, 0.3) is 0 Å². The van der Waals surface area contributed by atoms with Crippen molar-refractivity contribution in [1.82, 2.24) is 10.6 Å². The van der Waals surface area contributed by atoms with Crippen molar-refractivity contribution in [2.75, 3.05) is 6.54 Å². The Morgan fingerprint density at radius 2 is 2.33 bits per heavy atom. The molecule has 0 radical (unpaired) electrons. The molecule has 6 heteroatoms. The van der Waals surface area contributed by atoms with E-state index >= 15 is 0 Å². The lowest BCUT2D eigenvalue weighted by Crippen LogP contribution is -2.37. The summed E-state index contributed by atoms with van der Waals surface area (Å²) in [7, 11) is 0. The minimum Gasteiger partial charge on any atom is -0.392 e. The second-order valence-electron chi connectivity index (χ2n) is 4.17. The minimum atomic E-state index is -0.374. The molecule has 0 spiro atoms. The Hall–Kier alpha value is -0.890. The Bertz CT molecular complexity index is 439. The van der Waals surface area contributed by atoms with Crippen LogP contribution in [0.2, 0.25) is 0 Å². The Kier molecular flexibility index (Phi) is 5.80. The van der Waals surface area contributed by atoms with Crippen LogP contribution >= 0.6 is 24.0 Å². The minimum absolute atomic E-state index is 0. The third kappa shape index (κ3) is 3.81. The van der Waals surface area contributed by atoms with Gasteiger partial charge < -0.3 is 15.7 Å². The number of nitrogens with one attached hydrogen (secondary N) is 2. The molecule has 3 N–H and O–H groups in total. The van der Waals surface area contributed by atoms with Crippen molar-refractivity contribution in [2.45, 2.75) is 26.1 Å². The zero-order chi connectivity index (χ0) is 12.3. The smallest absolute Gasteiger partial charge is 0.191 e. The lowest BCUT2D eigenvalue weighted by molar-refractivity contribution is 0.275. The van der Waals surface area contributed by atoms with Gasteiger partial charge in [-0.25, -0.2) is 4.39 Å². The molecule has 4 nitrogen and oxygen atoms in total. The van der Waals surface area contributed by atoms with Gasteiger partial charge in [-0.2, -0.15) is 0 Å². The Morgan fingerprint density at radius 1 is 1.56 bits per heavy atom. The number of nitrogens with zero attached hydrogens (tertiary/aromatic N) is 1. The average molecular weight is 365 g/mol. The first-order valence-corrected chi connectivity index (χ1v) is 5.62. The van der Waals surface area contributed by atoms with Crippen molar-refractivity contribution >= 4 is 29.9 Å². The fourth-order valence-corrected chi connectivity index (χ4v) is 1.67. The van der Waals surface area contributed by atoms with E-state index in [2.05, 4.69) is 15.6 Å². The molecule has 100 valence electrons. The molecule has 1 unspecified atom stereocenters. The van der Waals surface area contributed by atoms with Crippen LogP contribution in [0.5, 0.6) is 0 Å². The molecular weight excluding hydrogens is 348 g/mol. The van der Waals surface area contributed by atoms with E-state index in [9.17, 15) is 4.39 Å². The zero-order valence-electron chi connectivity index (χ0n) is 10.1. The summed E-state index contributed by atoms with van der Waals surface area (Å²) in [5.74, 6) is 0.380. The molecule has 0 saturated heterocycles. The maximum atomic E-state index is 13.4. The van der Waals surface area contributed by atoms with Gasteiger partial charge in [-0.15, -0.1) is 24.0 Å². The first-order valence-electron chi connectivity index (χ1n) is 5.62. The van der Waals surface area contributed by atoms with E-state index < -0.39 is 0 Å². The molecule has 0 saturated carbocycles. The number of benzene rings is 1. The maximum absolute atomic E-state index is 13.4. The predicted octanol–water partition coefficient (Wildman–Crippen LogP) is 1.37. The van der Waals surface area contributed by atoms with Crippen molar-refractivity contribution in [2.24, 2.45) is 4.99 Å². The number of halogens is 2. The van der Waals surface area contributed by atoms with Crippen LogP contribution in [0.15, 0.2) is 23.2 Å². The largest absolute Gasteiger partial charge is 0.392 e. The first kappa shape index (κ1) is 15.2. The number of aliphatic hydroxyl groups excluding tert-OH is 1. The fourth-order valence-electron chi connectivity index (χ4n) is 1.67. The van der Waals surface area contributed by atoms with Crippen LogP contribution in [0, 0.1) is 5.82 Å². The Balaban J connectivity index is 0.00000162. The van der Waals surface area contributed by atoms with E-state index in [1.54, 1.807) is 12.1 Å². The van der Waals surface area contributed by atoms with Gasteiger partial charge >= 0.3 is 0 Å². The molecule has 0 bridgehead atoms. The maximum Gasteiger partial charge on any atom is 0.191 e. The SMILES string of the molecule is CC1CN=C(NCc2ccc(CO)c(F)c2)N1.I. The van der Waals surface area contributed by atoms with Gasteiger partial charge in [0.05, 0.1) is 13.2 Å². The van der Waals surface area contributed by atoms with Crippen LogP contribution in [0.25, 0.3) is 0 Å². The zero-order valence-corrected chi connectivity index (χ0v) is 12.4. The number of guanidine groups is 1. The normalized spacial score (nSPS) is 17.7. The second-order valence-corrected chi connectivity index (χ2v) is 4.17. The highest BCUT2D eigenvalue weighted by Gasteiger charge is 2.11. The summed E-state index contributed by atoms with van der Waals surface area (Å²) in [4.78, 5) is 4.25. The van der Waals surface area contributed by atoms with Crippen LogP contribution in [0.3, 0.4) is 0 Å². The van der Waals surface area contributed by atoms with Crippen molar-refractivity contribution in [1.29, 1.82) is 0 Å². The van der Waals surface area contributed by atoms with E-state index in [-0.39, 0.29) is 36.4 Å². The highest BCUT2D eigenvalue weighted by atomic mass is 127. The molecule has 1 aromatic rings. The van der Waals surface area contributed by atoms with E-state index in [0.29, 0.717) is 18.2 Å². The standard InChI is InChI=1S/C12H16FN3O.HI/c1-8-5-14-12(16-8)15-6-9-2-3-10(7-17)11(13)4-9;/h2-4,8,17H,5-7H2,1H3,(H2,14,15,16);1H. The van der Waals surface area contributed by atoms with Gasteiger partial charge in [-0.1, -0.05) is 12.1 Å². The van der Waals surface area contributed by atoms with E-state index in [4.69, 9.17) is 5.11 Å². The van der Waals surface area contributed by atoms with E-state index in [1.165, 1.54) is 6.07 Å². The summed E-state index contributed by atoms with van der Waals surface area (Å²) in [6, 6.07) is 5.17. The lowest BCUT2D eigenvalue weighted by Gasteiger charge is -2.09. The predicted molar refractivity (Wildman–Crippen MR) is 79.5 cm³/mol. The molecule has 1 aliphatic heterocycles. The summed E-state index contributed by atoms with van der Waals surface area (Å²) < 4.78 is 13.4. The first-order chi connectivity index (χ1) is 8.19. The van der Waals surface area contributed by atoms with E-state index in [0.717, 1.165) is 18.1 Å². The monoisotopic (exact) mass is 365 g/mol. The van der Waals surface area contributed by atoms with Gasteiger partial charge in [0.2, 0.25) is 0 Å². The molecule has 1 aliphatic rings. The molecule has 0 amide bonds. The molecule has 0 aliphatic carbocycles. The summed E-state index contributed by atoms with van der Waals surface area (Å²) in [5, 5.41) is 15.1. The van der Waals surface area contributed by atoms with Crippen LogP contribution in [0.1, 0.15) is 18.1 Å². The molecule has 18 heavy (non-hydrogen) atoms. The van der Waals surface area contributed by atoms with Gasteiger partial charge in [-0.05, 0) is 18.6 Å². The molecule has 0 aromatic heterocycles. The fraction of sp³-hybridized carbons (Fsp3) is 0.417. The molecule has 1 heterocycles. The summed E-state index contributed by atoms with van der Waals surface area (Å²) >= 11 is 0. The Labute approximate surface area is 123 Å². The molecule has 1 aromatic carbocycles. The van der Waals surface area contributed by atoms with Crippen molar-refractivity contribution in [3.05, 3.63) is 35.1 Å². The van der Waals surface area contributed by atoms with Gasteiger partial charge in [0, 0.05) is 18.2 Å².